The van der Waals surface area contributed by atoms with Gasteiger partial charge < -0.3 is 14.6 Å². The summed E-state index contributed by atoms with van der Waals surface area (Å²) in [7, 11) is 0. The molecule has 1 rings (SSSR count). The highest BCUT2D eigenvalue weighted by Gasteiger charge is 2.28. The van der Waals surface area contributed by atoms with Crippen molar-refractivity contribution in [3.8, 4) is 0 Å². The number of hydrogen-bond donors (Lipinski definition) is 1. The second-order valence-electron chi connectivity index (χ2n) is 4.64. The van der Waals surface area contributed by atoms with Crippen LogP contribution in [0.25, 0.3) is 10.4 Å². The molecule has 0 aliphatic heterocycles. The largest absolute Gasteiger partial charge is 0.394 e. The number of ketones is 1. The van der Waals surface area contributed by atoms with Crippen LogP contribution in [0.3, 0.4) is 0 Å². The van der Waals surface area contributed by atoms with Crippen LogP contribution in [0, 0.1) is 23.3 Å². The maximum absolute atomic E-state index is 13.8. The molecule has 0 bridgehead atoms. The number of azide groups is 1. The summed E-state index contributed by atoms with van der Waals surface area (Å²) in [4.78, 5) is 13.9. The zero-order valence-corrected chi connectivity index (χ0v) is 13.0. The number of carbonyl (C=O) groups excluding carboxylic acids is 1. The van der Waals surface area contributed by atoms with E-state index in [1.807, 2.05) is 0 Å². The minimum Gasteiger partial charge on any atom is -0.394 e. The van der Waals surface area contributed by atoms with E-state index in [1.54, 1.807) is 0 Å². The van der Waals surface area contributed by atoms with Crippen molar-refractivity contribution in [1.29, 1.82) is 0 Å². The number of benzene rings is 1. The topological polar surface area (TPSA) is 105 Å². The lowest BCUT2D eigenvalue weighted by Crippen LogP contribution is -2.12. The van der Waals surface area contributed by atoms with Crippen molar-refractivity contribution < 1.29 is 36.9 Å². The van der Waals surface area contributed by atoms with Gasteiger partial charge in [-0.2, -0.15) is 0 Å². The first-order valence-corrected chi connectivity index (χ1v) is 7.16. The molecule has 0 spiro atoms. The number of ether oxygens (including phenoxy) is 2. The fraction of sp³-hybridized carbons (Fsp3) is 0.500. The molecule has 0 unspecified atom stereocenters. The fourth-order valence-corrected chi connectivity index (χ4v) is 1.84. The SMILES string of the molecule is [N-]=[N+]=Nc1c(F)c(F)c(C(=O)CCCOCCOCCO)c(F)c1F. The molecule has 0 saturated heterocycles. The normalized spacial score (nSPS) is 10.6. The van der Waals surface area contributed by atoms with E-state index in [9.17, 15) is 22.4 Å². The summed E-state index contributed by atoms with van der Waals surface area (Å²) in [5.41, 5.74) is 5.31. The van der Waals surface area contributed by atoms with Gasteiger partial charge in [-0.05, 0) is 12.0 Å². The van der Waals surface area contributed by atoms with Crippen LogP contribution >= 0.6 is 0 Å². The molecule has 0 aromatic heterocycles. The van der Waals surface area contributed by atoms with Crippen LogP contribution in [0.4, 0.5) is 23.2 Å². The lowest BCUT2D eigenvalue weighted by Gasteiger charge is -2.09. The summed E-state index contributed by atoms with van der Waals surface area (Å²) in [6.07, 6.45) is -0.357. The van der Waals surface area contributed by atoms with Gasteiger partial charge in [0.25, 0.3) is 0 Å². The third kappa shape index (κ3) is 5.68. The second kappa shape index (κ2) is 10.6. The Kier molecular flexibility index (Phi) is 8.86. The molecule has 0 heterocycles. The quantitative estimate of drug-likeness (QED) is 0.124. The van der Waals surface area contributed by atoms with E-state index in [4.69, 9.17) is 20.1 Å². The Morgan fingerprint density at radius 2 is 1.56 bits per heavy atom. The van der Waals surface area contributed by atoms with Crippen LogP contribution in [0.2, 0.25) is 0 Å². The van der Waals surface area contributed by atoms with E-state index in [-0.39, 0.29) is 39.5 Å². The van der Waals surface area contributed by atoms with Gasteiger partial charge in [-0.3, -0.25) is 4.79 Å². The monoisotopic (exact) mass is 365 g/mol. The van der Waals surface area contributed by atoms with E-state index in [0.717, 1.165) is 0 Å². The first-order chi connectivity index (χ1) is 12.0. The third-order valence-corrected chi connectivity index (χ3v) is 2.96. The molecule has 1 aromatic rings. The molecule has 0 aliphatic rings. The molecule has 0 radical (unpaired) electrons. The van der Waals surface area contributed by atoms with E-state index in [2.05, 4.69) is 10.0 Å². The number of nitrogens with zero attached hydrogens (tertiary/aromatic N) is 3. The first kappa shape index (κ1) is 20.8. The van der Waals surface area contributed by atoms with Gasteiger partial charge >= 0.3 is 0 Å². The number of hydrogen-bond acceptors (Lipinski definition) is 5. The molecule has 0 fully saturated rings. The van der Waals surface area contributed by atoms with Crippen LogP contribution in [0.15, 0.2) is 5.11 Å². The summed E-state index contributed by atoms with van der Waals surface area (Å²) in [5, 5.41) is 11.0. The molecular formula is C14H15F4N3O4. The molecular weight excluding hydrogens is 350 g/mol. The third-order valence-electron chi connectivity index (χ3n) is 2.96. The summed E-state index contributed by atoms with van der Waals surface area (Å²) in [5.74, 6) is -8.84. The predicted molar refractivity (Wildman–Crippen MR) is 77.4 cm³/mol. The number of rotatable bonds is 11. The van der Waals surface area contributed by atoms with Crippen LogP contribution in [0.1, 0.15) is 23.2 Å². The summed E-state index contributed by atoms with van der Waals surface area (Å²) in [6.45, 7) is 0.482. The predicted octanol–water partition coefficient (Wildman–Crippen LogP) is 3.17. The molecule has 25 heavy (non-hydrogen) atoms. The number of aliphatic hydroxyl groups excluding tert-OH is 1. The van der Waals surface area contributed by atoms with Crippen molar-refractivity contribution >= 4 is 11.5 Å². The summed E-state index contributed by atoms with van der Waals surface area (Å²) >= 11 is 0. The fourth-order valence-electron chi connectivity index (χ4n) is 1.84. The number of aliphatic hydroxyl groups is 1. The van der Waals surface area contributed by atoms with Gasteiger partial charge in [0.15, 0.2) is 29.1 Å². The van der Waals surface area contributed by atoms with Gasteiger partial charge in [-0.15, -0.1) is 0 Å². The summed E-state index contributed by atoms with van der Waals surface area (Å²) < 4.78 is 64.7. The van der Waals surface area contributed by atoms with Crippen LogP contribution in [0.5, 0.6) is 0 Å². The van der Waals surface area contributed by atoms with Crippen molar-refractivity contribution in [2.24, 2.45) is 5.11 Å². The zero-order valence-electron chi connectivity index (χ0n) is 13.0. The maximum Gasteiger partial charge on any atom is 0.173 e. The first-order valence-electron chi connectivity index (χ1n) is 7.16. The average Bonchev–Trinajstić information content (AvgIpc) is 2.59. The Bertz CT molecular complexity index is 637. The molecule has 1 N–H and O–H groups in total. The maximum atomic E-state index is 13.8. The number of Topliss-reactive ketones (excluding diaryl/α,β-unsaturated/α-hetero) is 1. The molecule has 1 aromatic carbocycles. The highest BCUT2D eigenvalue weighted by molar-refractivity contribution is 5.97. The minimum atomic E-state index is -1.93. The van der Waals surface area contributed by atoms with E-state index in [1.165, 1.54) is 0 Å². The highest BCUT2D eigenvalue weighted by atomic mass is 19.2. The molecule has 11 heteroatoms. The molecule has 0 amide bonds. The van der Waals surface area contributed by atoms with Crippen LogP contribution < -0.4 is 0 Å². The lowest BCUT2D eigenvalue weighted by molar-refractivity contribution is 0.0320. The van der Waals surface area contributed by atoms with Crippen molar-refractivity contribution in [3.63, 3.8) is 0 Å². The molecule has 0 saturated carbocycles. The smallest absolute Gasteiger partial charge is 0.173 e. The Balaban J connectivity index is 2.66. The van der Waals surface area contributed by atoms with Crippen molar-refractivity contribution in [3.05, 3.63) is 39.3 Å². The van der Waals surface area contributed by atoms with E-state index >= 15 is 0 Å². The van der Waals surface area contributed by atoms with Crippen LogP contribution in [-0.4, -0.2) is 43.9 Å². The Morgan fingerprint density at radius 1 is 1.00 bits per heavy atom. The Hall–Kier alpha value is -2.20. The van der Waals surface area contributed by atoms with Gasteiger partial charge in [0, 0.05) is 17.9 Å². The number of carbonyl (C=O) groups is 1. The number of halogens is 4. The van der Waals surface area contributed by atoms with E-state index < -0.39 is 46.7 Å². The molecule has 7 nitrogen and oxygen atoms in total. The summed E-state index contributed by atoms with van der Waals surface area (Å²) in [6, 6.07) is 0. The highest BCUT2D eigenvalue weighted by Crippen LogP contribution is 2.31. The molecule has 138 valence electrons. The zero-order chi connectivity index (χ0) is 18.8. The average molecular weight is 365 g/mol. The Morgan fingerprint density at radius 3 is 2.08 bits per heavy atom. The van der Waals surface area contributed by atoms with E-state index in [0.29, 0.717) is 0 Å². The Labute approximate surface area is 139 Å². The van der Waals surface area contributed by atoms with Gasteiger partial charge in [0.05, 0.1) is 32.0 Å². The standard InChI is InChI=1S/C14H15F4N3O4/c15-10-9(11(16)13(18)14(12(10)17)20-21-19)8(23)2-1-4-24-6-7-25-5-3-22/h22H,1-7H2. The molecule has 0 atom stereocenters. The van der Waals surface area contributed by atoms with Crippen molar-refractivity contribution in [2.75, 3.05) is 33.0 Å². The second-order valence-corrected chi connectivity index (χ2v) is 4.64. The van der Waals surface area contributed by atoms with Crippen molar-refractivity contribution in [1.82, 2.24) is 0 Å². The minimum absolute atomic E-state index is 0.0546. The lowest BCUT2D eigenvalue weighted by atomic mass is 10.0. The van der Waals surface area contributed by atoms with Gasteiger partial charge in [-0.25, -0.2) is 17.6 Å². The van der Waals surface area contributed by atoms with Gasteiger partial charge in [-0.1, -0.05) is 5.11 Å². The van der Waals surface area contributed by atoms with Crippen LogP contribution in [-0.2, 0) is 9.47 Å². The van der Waals surface area contributed by atoms with Gasteiger partial charge in [0.2, 0.25) is 0 Å². The van der Waals surface area contributed by atoms with Gasteiger partial charge in [0.1, 0.15) is 5.69 Å². The molecule has 0 aliphatic carbocycles. The van der Waals surface area contributed by atoms with Crippen molar-refractivity contribution in [2.45, 2.75) is 12.8 Å².